The van der Waals surface area contributed by atoms with Crippen LogP contribution in [-0.4, -0.2) is 42.5 Å². The van der Waals surface area contributed by atoms with Crippen LogP contribution in [0.3, 0.4) is 0 Å². The molecular weight excluding hydrogens is 428 g/mol. The van der Waals surface area contributed by atoms with E-state index in [0.29, 0.717) is 18.7 Å². The van der Waals surface area contributed by atoms with Crippen LogP contribution in [0.25, 0.3) is 0 Å². The van der Waals surface area contributed by atoms with Gasteiger partial charge in [-0.05, 0) is 80.5 Å². The molecule has 2 aromatic rings. The average Bonchev–Trinajstić information content (AvgIpc) is 3.33. The Labute approximate surface area is 203 Å². The number of nitrogens with one attached hydrogen (secondary N) is 1. The maximum Gasteiger partial charge on any atom is 0.261 e. The lowest BCUT2D eigenvalue weighted by atomic mass is 10.1. The van der Waals surface area contributed by atoms with Crippen molar-refractivity contribution in [3.8, 4) is 11.5 Å². The third-order valence-corrected chi connectivity index (χ3v) is 6.71. The minimum Gasteiger partial charge on any atom is -0.497 e. The molecule has 0 aliphatic heterocycles. The number of benzene rings is 2. The molecule has 3 rings (SSSR count). The van der Waals surface area contributed by atoms with Crippen LogP contribution in [0, 0.1) is 20.8 Å². The number of nitrogens with zero attached hydrogens (tertiary/aromatic N) is 1. The lowest BCUT2D eigenvalue weighted by Gasteiger charge is -2.31. The summed E-state index contributed by atoms with van der Waals surface area (Å²) < 4.78 is 11.2. The highest BCUT2D eigenvalue weighted by atomic mass is 16.5. The Balaban J connectivity index is 1.79. The van der Waals surface area contributed by atoms with Crippen molar-refractivity contribution in [1.29, 1.82) is 0 Å². The van der Waals surface area contributed by atoms with Gasteiger partial charge in [0.25, 0.3) is 5.91 Å². The summed E-state index contributed by atoms with van der Waals surface area (Å²) in [5, 5.41) is 3.17. The second-order valence-electron chi connectivity index (χ2n) is 9.28. The summed E-state index contributed by atoms with van der Waals surface area (Å²) in [4.78, 5) is 28.3. The largest absolute Gasteiger partial charge is 0.497 e. The van der Waals surface area contributed by atoms with E-state index >= 15 is 0 Å². The Morgan fingerprint density at radius 2 is 1.76 bits per heavy atom. The summed E-state index contributed by atoms with van der Waals surface area (Å²) in [7, 11) is 1.62. The highest BCUT2D eigenvalue weighted by Crippen LogP contribution is 2.24. The quantitative estimate of drug-likeness (QED) is 0.543. The molecular formula is C28H38N2O4. The lowest BCUT2D eigenvalue weighted by Crippen LogP contribution is -2.52. The number of ether oxygens (including phenoxy) is 2. The summed E-state index contributed by atoms with van der Waals surface area (Å²) >= 11 is 0. The third kappa shape index (κ3) is 6.52. The summed E-state index contributed by atoms with van der Waals surface area (Å²) in [5.41, 5.74) is 4.16. The molecule has 1 saturated carbocycles. The highest BCUT2D eigenvalue weighted by molar-refractivity contribution is 5.88. The number of methoxy groups -OCH3 is 1. The molecule has 1 unspecified atom stereocenters. The van der Waals surface area contributed by atoms with Crippen LogP contribution in [0.4, 0.5) is 0 Å². The Morgan fingerprint density at radius 1 is 1.09 bits per heavy atom. The number of hydrogen-bond donors (Lipinski definition) is 1. The van der Waals surface area contributed by atoms with E-state index in [0.717, 1.165) is 53.7 Å². The molecule has 0 heterocycles. The van der Waals surface area contributed by atoms with Crippen molar-refractivity contribution in [1.82, 2.24) is 10.2 Å². The van der Waals surface area contributed by atoms with Crippen LogP contribution in [-0.2, 0) is 16.1 Å². The van der Waals surface area contributed by atoms with Crippen molar-refractivity contribution >= 4 is 11.8 Å². The Morgan fingerprint density at radius 3 is 2.38 bits per heavy atom. The minimum atomic E-state index is -0.556. The summed E-state index contributed by atoms with van der Waals surface area (Å²) in [5.74, 6) is 1.17. The molecule has 0 radical (unpaired) electrons. The molecule has 6 nitrogen and oxygen atoms in total. The van der Waals surface area contributed by atoms with Gasteiger partial charge in [-0.15, -0.1) is 0 Å². The summed E-state index contributed by atoms with van der Waals surface area (Å²) in [6, 6.07) is 11.3. The smallest absolute Gasteiger partial charge is 0.261 e. The Bertz CT molecular complexity index is 981. The molecule has 1 aliphatic carbocycles. The Hall–Kier alpha value is -3.02. The van der Waals surface area contributed by atoms with Crippen molar-refractivity contribution in [2.24, 2.45) is 0 Å². The SMILES string of the molecule is CCC(C(=O)NC1CCCC1)N(Cc1ccc(OC)cc1)C(=O)COc1cc(C)cc(C)c1C. The molecule has 0 aromatic heterocycles. The molecule has 2 amide bonds. The zero-order chi connectivity index (χ0) is 24.7. The minimum absolute atomic E-state index is 0.0844. The van der Waals surface area contributed by atoms with E-state index in [4.69, 9.17) is 9.47 Å². The van der Waals surface area contributed by atoms with Crippen LogP contribution in [0.1, 0.15) is 61.3 Å². The van der Waals surface area contributed by atoms with Crippen molar-refractivity contribution in [2.45, 2.75) is 78.4 Å². The van der Waals surface area contributed by atoms with Gasteiger partial charge in [0.15, 0.2) is 6.61 Å². The predicted octanol–water partition coefficient (Wildman–Crippen LogP) is 4.87. The fraction of sp³-hybridized carbons (Fsp3) is 0.500. The maximum atomic E-state index is 13.5. The standard InChI is InChI=1S/C28H38N2O4/c1-6-25(28(32)29-23-9-7-8-10-23)30(17-22-11-13-24(33-5)14-12-22)27(31)18-34-26-16-19(2)15-20(3)21(26)4/h11-16,23,25H,6-10,17-18H2,1-5H3,(H,29,32). The van der Waals surface area contributed by atoms with Crippen molar-refractivity contribution in [2.75, 3.05) is 13.7 Å². The van der Waals surface area contributed by atoms with Crippen molar-refractivity contribution in [3.05, 3.63) is 58.7 Å². The molecule has 0 spiro atoms. The maximum absolute atomic E-state index is 13.5. The van der Waals surface area contributed by atoms with Gasteiger partial charge in [0.05, 0.1) is 7.11 Å². The first kappa shape index (κ1) is 25.6. The van der Waals surface area contributed by atoms with E-state index in [1.807, 2.05) is 58.0 Å². The normalized spacial score (nSPS) is 14.5. The second-order valence-corrected chi connectivity index (χ2v) is 9.28. The van der Waals surface area contributed by atoms with Crippen molar-refractivity contribution < 1.29 is 19.1 Å². The molecule has 1 aliphatic rings. The van der Waals surface area contributed by atoms with Gasteiger partial charge in [-0.25, -0.2) is 0 Å². The van der Waals surface area contributed by atoms with Gasteiger partial charge in [0.2, 0.25) is 5.91 Å². The predicted molar refractivity (Wildman–Crippen MR) is 134 cm³/mol. The van der Waals surface area contributed by atoms with Crippen LogP contribution < -0.4 is 14.8 Å². The molecule has 6 heteroatoms. The molecule has 0 bridgehead atoms. The highest BCUT2D eigenvalue weighted by Gasteiger charge is 2.31. The van der Waals surface area contributed by atoms with Crippen LogP contribution in [0.2, 0.25) is 0 Å². The first-order valence-electron chi connectivity index (χ1n) is 12.3. The molecule has 34 heavy (non-hydrogen) atoms. The molecule has 184 valence electrons. The zero-order valence-corrected chi connectivity index (χ0v) is 21.1. The van der Waals surface area contributed by atoms with Gasteiger partial charge in [-0.3, -0.25) is 9.59 Å². The monoisotopic (exact) mass is 466 g/mol. The van der Waals surface area contributed by atoms with Gasteiger partial charge >= 0.3 is 0 Å². The van der Waals surface area contributed by atoms with E-state index < -0.39 is 6.04 Å². The van der Waals surface area contributed by atoms with E-state index in [1.165, 1.54) is 0 Å². The summed E-state index contributed by atoms with van der Waals surface area (Å²) in [6.07, 6.45) is 4.81. The Kier molecular flexibility index (Phi) is 8.97. The fourth-order valence-corrected chi connectivity index (χ4v) is 4.59. The lowest BCUT2D eigenvalue weighted by molar-refractivity contribution is -0.143. The molecule has 0 saturated heterocycles. The summed E-state index contributed by atoms with van der Waals surface area (Å²) in [6.45, 7) is 8.20. The van der Waals surface area contributed by atoms with Gasteiger partial charge in [-0.1, -0.05) is 38.0 Å². The van der Waals surface area contributed by atoms with E-state index in [-0.39, 0.29) is 24.5 Å². The third-order valence-electron chi connectivity index (χ3n) is 6.71. The van der Waals surface area contributed by atoms with Gasteiger partial charge in [-0.2, -0.15) is 0 Å². The number of rotatable bonds is 10. The number of hydrogen-bond acceptors (Lipinski definition) is 4. The second kappa shape index (κ2) is 11.9. The fourth-order valence-electron chi connectivity index (χ4n) is 4.59. The topological polar surface area (TPSA) is 67.9 Å². The van der Waals surface area contributed by atoms with E-state index in [2.05, 4.69) is 11.4 Å². The molecule has 1 N–H and O–H groups in total. The average molecular weight is 467 g/mol. The number of carbonyl (C=O) groups is 2. The number of carbonyl (C=O) groups excluding carboxylic acids is 2. The van der Waals surface area contributed by atoms with Crippen LogP contribution in [0.5, 0.6) is 11.5 Å². The van der Waals surface area contributed by atoms with Crippen LogP contribution in [0.15, 0.2) is 36.4 Å². The van der Waals surface area contributed by atoms with E-state index in [9.17, 15) is 9.59 Å². The van der Waals surface area contributed by atoms with Gasteiger partial charge in [0, 0.05) is 12.6 Å². The molecule has 1 atom stereocenters. The van der Waals surface area contributed by atoms with Crippen molar-refractivity contribution in [3.63, 3.8) is 0 Å². The zero-order valence-electron chi connectivity index (χ0n) is 21.1. The van der Waals surface area contributed by atoms with E-state index in [1.54, 1.807) is 12.0 Å². The first-order chi connectivity index (χ1) is 16.3. The molecule has 2 aromatic carbocycles. The van der Waals surface area contributed by atoms with Gasteiger partial charge < -0.3 is 19.7 Å². The number of amides is 2. The first-order valence-corrected chi connectivity index (χ1v) is 12.3. The van der Waals surface area contributed by atoms with Gasteiger partial charge in [0.1, 0.15) is 17.5 Å². The number of aryl methyl sites for hydroxylation is 2. The van der Waals surface area contributed by atoms with Crippen LogP contribution >= 0.6 is 0 Å². The molecule has 1 fully saturated rings.